The summed E-state index contributed by atoms with van der Waals surface area (Å²) in [6.07, 6.45) is 1.16. The first-order valence-corrected chi connectivity index (χ1v) is 5.91. The molecule has 5 nitrogen and oxygen atoms in total. The molecular weight excluding hydrogens is 214 g/mol. The maximum absolute atomic E-state index is 5.74. The number of nitrogen functional groups attached to an aromatic ring is 1. The van der Waals surface area contributed by atoms with E-state index in [9.17, 15) is 0 Å². The number of H-pyrrole nitrogens is 1. The van der Waals surface area contributed by atoms with Gasteiger partial charge < -0.3 is 20.9 Å². The Balaban J connectivity index is 1.81. The van der Waals surface area contributed by atoms with Gasteiger partial charge in [-0.2, -0.15) is 0 Å². The molecule has 3 rings (SSSR count). The van der Waals surface area contributed by atoms with Crippen molar-refractivity contribution in [2.45, 2.75) is 12.5 Å². The van der Waals surface area contributed by atoms with Crippen LogP contribution >= 0.6 is 0 Å². The highest BCUT2D eigenvalue weighted by Crippen LogP contribution is 2.19. The van der Waals surface area contributed by atoms with Crippen LogP contribution in [0.3, 0.4) is 0 Å². The Morgan fingerprint density at radius 3 is 3.18 bits per heavy atom. The fourth-order valence-electron chi connectivity index (χ4n) is 2.34. The van der Waals surface area contributed by atoms with E-state index in [0.717, 1.165) is 42.2 Å². The number of anilines is 2. The highest BCUT2D eigenvalue weighted by molar-refractivity contribution is 5.80. The zero-order valence-corrected chi connectivity index (χ0v) is 9.90. The number of nitrogens with one attached hydrogen (secondary N) is 2. The number of likely N-dealkylation sites (tertiary alicyclic amines) is 1. The number of nitrogens with two attached hydrogens (primary N) is 1. The van der Waals surface area contributed by atoms with Gasteiger partial charge in [0, 0.05) is 18.3 Å². The van der Waals surface area contributed by atoms with E-state index in [0.29, 0.717) is 6.04 Å². The Hall–Kier alpha value is -1.75. The number of aromatic amines is 1. The molecule has 1 aliphatic heterocycles. The zero-order chi connectivity index (χ0) is 11.8. The maximum Gasteiger partial charge on any atom is 0.201 e. The number of likely N-dealkylation sites (N-methyl/N-ethyl adjacent to an activating group) is 1. The van der Waals surface area contributed by atoms with Crippen LogP contribution < -0.4 is 11.1 Å². The maximum atomic E-state index is 5.74. The number of fused-ring (bicyclic) bond motifs is 1. The standard InChI is InChI=1S/C12H17N5/c1-17-5-4-9(7-17)14-12-15-10-3-2-8(13)6-11(10)16-12/h2-3,6,9H,4-5,7,13H2,1H3,(H2,14,15,16). The molecule has 2 heterocycles. The first kappa shape index (κ1) is 10.4. The summed E-state index contributed by atoms with van der Waals surface area (Å²) in [5, 5.41) is 3.43. The van der Waals surface area contributed by atoms with Crippen LogP contribution in [0.5, 0.6) is 0 Å². The van der Waals surface area contributed by atoms with Crippen molar-refractivity contribution in [3.63, 3.8) is 0 Å². The summed E-state index contributed by atoms with van der Waals surface area (Å²) in [7, 11) is 2.14. The summed E-state index contributed by atoms with van der Waals surface area (Å²) in [5.74, 6) is 0.839. The van der Waals surface area contributed by atoms with Crippen molar-refractivity contribution >= 4 is 22.7 Å². The van der Waals surface area contributed by atoms with E-state index >= 15 is 0 Å². The van der Waals surface area contributed by atoms with E-state index in [1.165, 1.54) is 0 Å². The fourth-order valence-corrected chi connectivity index (χ4v) is 2.34. The number of aromatic nitrogens is 2. The van der Waals surface area contributed by atoms with Gasteiger partial charge in [-0.25, -0.2) is 4.98 Å². The molecule has 90 valence electrons. The van der Waals surface area contributed by atoms with Crippen molar-refractivity contribution in [1.82, 2.24) is 14.9 Å². The lowest BCUT2D eigenvalue weighted by Crippen LogP contribution is -2.23. The van der Waals surface area contributed by atoms with Gasteiger partial charge in [0.15, 0.2) is 0 Å². The second kappa shape index (κ2) is 3.92. The number of imidazole rings is 1. The number of hydrogen-bond acceptors (Lipinski definition) is 4. The topological polar surface area (TPSA) is 70.0 Å². The summed E-state index contributed by atoms with van der Waals surface area (Å²) in [6, 6.07) is 6.20. The largest absolute Gasteiger partial charge is 0.399 e. The predicted octanol–water partition coefficient (Wildman–Crippen LogP) is 1.26. The van der Waals surface area contributed by atoms with Crippen LogP contribution in [-0.4, -0.2) is 41.0 Å². The fraction of sp³-hybridized carbons (Fsp3) is 0.417. The van der Waals surface area contributed by atoms with Crippen LogP contribution in [0.2, 0.25) is 0 Å². The molecule has 0 radical (unpaired) electrons. The lowest BCUT2D eigenvalue weighted by Gasteiger charge is -2.11. The summed E-state index contributed by atoms with van der Waals surface area (Å²) in [6.45, 7) is 2.21. The zero-order valence-electron chi connectivity index (χ0n) is 9.90. The van der Waals surface area contributed by atoms with Gasteiger partial charge in [-0.15, -0.1) is 0 Å². The van der Waals surface area contributed by atoms with Crippen molar-refractivity contribution in [1.29, 1.82) is 0 Å². The van der Waals surface area contributed by atoms with Gasteiger partial charge in [-0.3, -0.25) is 0 Å². The monoisotopic (exact) mass is 231 g/mol. The van der Waals surface area contributed by atoms with Crippen molar-refractivity contribution in [2.24, 2.45) is 0 Å². The molecule has 0 bridgehead atoms. The minimum absolute atomic E-state index is 0.484. The van der Waals surface area contributed by atoms with E-state index in [-0.39, 0.29) is 0 Å². The smallest absolute Gasteiger partial charge is 0.201 e. The summed E-state index contributed by atoms with van der Waals surface area (Å²) < 4.78 is 0. The van der Waals surface area contributed by atoms with Gasteiger partial charge in [0.25, 0.3) is 0 Å². The Bertz CT molecular complexity index is 533. The molecule has 1 unspecified atom stereocenters. The lowest BCUT2D eigenvalue weighted by atomic mass is 10.3. The van der Waals surface area contributed by atoms with E-state index < -0.39 is 0 Å². The quantitative estimate of drug-likeness (QED) is 0.681. The van der Waals surface area contributed by atoms with Crippen LogP contribution in [-0.2, 0) is 0 Å². The van der Waals surface area contributed by atoms with Crippen LogP contribution in [0.4, 0.5) is 11.6 Å². The van der Waals surface area contributed by atoms with Crippen LogP contribution in [0, 0.1) is 0 Å². The summed E-state index contributed by atoms with van der Waals surface area (Å²) in [4.78, 5) is 10.1. The van der Waals surface area contributed by atoms with Gasteiger partial charge >= 0.3 is 0 Å². The van der Waals surface area contributed by atoms with Crippen LogP contribution in [0.15, 0.2) is 18.2 Å². The van der Waals surface area contributed by atoms with E-state index in [1.54, 1.807) is 0 Å². The molecule has 5 heteroatoms. The van der Waals surface area contributed by atoms with Crippen molar-refractivity contribution < 1.29 is 0 Å². The van der Waals surface area contributed by atoms with Gasteiger partial charge in [0.05, 0.1) is 11.0 Å². The molecule has 17 heavy (non-hydrogen) atoms. The van der Waals surface area contributed by atoms with Gasteiger partial charge in [-0.1, -0.05) is 0 Å². The molecule has 0 saturated carbocycles. The Morgan fingerprint density at radius 1 is 1.53 bits per heavy atom. The second-order valence-corrected chi connectivity index (χ2v) is 4.75. The molecule has 1 saturated heterocycles. The molecule has 4 N–H and O–H groups in total. The molecule has 1 aliphatic rings. The molecule has 0 spiro atoms. The van der Waals surface area contributed by atoms with Gasteiger partial charge in [0.1, 0.15) is 0 Å². The highest BCUT2D eigenvalue weighted by atomic mass is 15.2. The molecule has 1 atom stereocenters. The molecule has 1 aromatic heterocycles. The van der Waals surface area contributed by atoms with Gasteiger partial charge in [0.2, 0.25) is 5.95 Å². The minimum Gasteiger partial charge on any atom is -0.399 e. The molecule has 1 fully saturated rings. The van der Waals surface area contributed by atoms with Crippen molar-refractivity contribution in [2.75, 3.05) is 31.2 Å². The van der Waals surface area contributed by atoms with E-state index in [1.807, 2.05) is 18.2 Å². The molecule has 0 aliphatic carbocycles. The predicted molar refractivity (Wildman–Crippen MR) is 70.0 cm³/mol. The van der Waals surface area contributed by atoms with E-state index in [4.69, 9.17) is 5.73 Å². The Morgan fingerprint density at radius 2 is 2.41 bits per heavy atom. The minimum atomic E-state index is 0.484. The van der Waals surface area contributed by atoms with E-state index in [2.05, 4.69) is 27.2 Å². The first-order chi connectivity index (χ1) is 8.20. The molecule has 1 aromatic carbocycles. The Kier molecular flexibility index (Phi) is 2.40. The Labute approximate surface area is 100 Å². The average molecular weight is 231 g/mol. The number of rotatable bonds is 2. The van der Waals surface area contributed by atoms with Crippen molar-refractivity contribution in [3.05, 3.63) is 18.2 Å². The molecule has 2 aromatic rings. The molecular formula is C12H17N5. The summed E-state index contributed by atoms with van der Waals surface area (Å²) in [5.41, 5.74) is 8.43. The molecule has 0 amide bonds. The van der Waals surface area contributed by atoms with Gasteiger partial charge in [-0.05, 0) is 38.2 Å². The summed E-state index contributed by atoms with van der Waals surface area (Å²) >= 11 is 0. The third kappa shape index (κ3) is 2.06. The normalized spacial score (nSPS) is 21.1. The number of hydrogen-bond donors (Lipinski definition) is 3. The number of benzene rings is 1. The third-order valence-corrected chi connectivity index (χ3v) is 3.24. The second-order valence-electron chi connectivity index (χ2n) is 4.75. The van der Waals surface area contributed by atoms with Crippen molar-refractivity contribution in [3.8, 4) is 0 Å². The lowest BCUT2D eigenvalue weighted by molar-refractivity contribution is 0.414. The SMILES string of the molecule is CN1CCC(Nc2nc3ccc(N)cc3[nH]2)C1. The van der Waals surface area contributed by atoms with Crippen LogP contribution in [0.25, 0.3) is 11.0 Å². The van der Waals surface area contributed by atoms with Crippen LogP contribution in [0.1, 0.15) is 6.42 Å². The number of nitrogens with zero attached hydrogens (tertiary/aromatic N) is 2. The average Bonchev–Trinajstić information content (AvgIpc) is 2.84. The highest BCUT2D eigenvalue weighted by Gasteiger charge is 2.19. The third-order valence-electron chi connectivity index (χ3n) is 3.24. The first-order valence-electron chi connectivity index (χ1n) is 5.91.